The summed E-state index contributed by atoms with van der Waals surface area (Å²) in [5, 5.41) is 0.664. The molecule has 1 amide bonds. The molecule has 2 rings (SSSR count). The van der Waals surface area contributed by atoms with Gasteiger partial charge in [0.05, 0.1) is 5.75 Å². The van der Waals surface area contributed by atoms with Gasteiger partial charge in [0.2, 0.25) is 10.0 Å². The van der Waals surface area contributed by atoms with E-state index in [9.17, 15) is 13.2 Å². The highest BCUT2D eigenvalue weighted by atomic mass is 35.5. The second kappa shape index (κ2) is 8.99. The number of carbonyl (C=O) groups is 1. The summed E-state index contributed by atoms with van der Waals surface area (Å²) >= 11 is 12.1. The molecule has 6 nitrogen and oxygen atoms in total. The van der Waals surface area contributed by atoms with Gasteiger partial charge in [0, 0.05) is 35.2 Å². The normalized spacial score (nSPS) is 16.4. The average Bonchev–Trinajstić information content (AvgIpc) is 2.55. The molecule has 1 aliphatic rings. The minimum atomic E-state index is -3.56. The number of amides is 1. The van der Waals surface area contributed by atoms with Gasteiger partial charge in [0.1, 0.15) is 5.60 Å². The van der Waals surface area contributed by atoms with E-state index < -0.39 is 15.6 Å². The van der Waals surface area contributed by atoms with Gasteiger partial charge in [-0.2, -0.15) is 0 Å². The number of hydrogen-bond donors (Lipinski definition) is 1. The third kappa shape index (κ3) is 7.14. The minimum Gasteiger partial charge on any atom is -0.444 e. The number of sulfonamides is 1. The summed E-state index contributed by atoms with van der Waals surface area (Å²) in [6.45, 7) is 6.93. The monoisotopic (exact) mass is 436 g/mol. The third-order valence-electron chi connectivity index (χ3n) is 4.25. The lowest BCUT2D eigenvalue weighted by molar-refractivity contribution is 0.0185. The molecule has 0 saturated carbocycles. The Kier molecular flexibility index (Phi) is 7.41. The predicted octanol–water partition coefficient (Wildman–Crippen LogP) is 4.06. The van der Waals surface area contributed by atoms with E-state index in [4.69, 9.17) is 27.9 Å². The van der Waals surface area contributed by atoms with Crippen molar-refractivity contribution >= 4 is 39.3 Å². The Labute approximate surface area is 171 Å². The Balaban J connectivity index is 1.83. The summed E-state index contributed by atoms with van der Waals surface area (Å²) in [6.07, 6.45) is 1.11. The van der Waals surface area contributed by atoms with E-state index in [1.54, 1.807) is 23.1 Å². The van der Waals surface area contributed by atoms with Crippen molar-refractivity contribution in [2.45, 2.75) is 45.0 Å². The molecule has 9 heteroatoms. The van der Waals surface area contributed by atoms with Crippen molar-refractivity contribution in [1.82, 2.24) is 9.62 Å². The van der Waals surface area contributed by atoms with Crippen molar-refractivity contribution in [3.05, 3.63) is 33.8 Å². The fraction of sp³-hybridized carbons (Fsp3) is 0.611. The molecular weight excluding hydrogens is 411 g/mol. The van der Waals surface area contributed by atoms with E-state index in [1.807, 2.05) is 20.8 Å². The molecule has 0 spiro atoms. The first-order chi connectivity index (χ1) is 12.5. The van der Waals surface area contributed by atoms with Crippen molar-refractivity contribution in [3.8, 4) is 0 Å². The van der Waals surface area contributed by atoms with Crippen LogP contribution in [0.15, 0.2) is 18.2 Å². The van der Waals surface area contributed by atoms with Gasteiger partial charge in [-0.1, -0.05) is 29.3 Å². The summed E-state index contributed by atoms with van der Waals surface area (Å²) in [7, 11) is -3.56. The number of benzene rings is 1. The maximum Gasteiger partial charge on any atom is 0.410 e. The maximum absolute atomic E-state index is 12.4. The van der Waals surface area contributed by atoms with Gasteiger partial charge in [-0.25, -0.2) is 17.9 Å². The van der Waals surface area contributed by atoms with Crippen molar-refractivity contribution < 1.29 is 17.9 Å². The molecule has 1 aliphatic heterocycles. The lowest BCUT2D eigenvalue weighted by Crippen LogP contribution is -2.43. The number of ether oxygens (including phenoxy) is 1. The fourth-order valence-corrected chi connectivity index (χ4v) is 4.77. The van der Waals surface area contributed by atoms with E-state index in [2.05, 4.69) is 4.72 Å². The average molecular weight is 437 g/mol. The lowest BCUT2D eigenvalue weighted by Gasteiger charge is -2.33. The highest BCUT2D eigenvalue weighted by Crippen LogP contribution is 2.26. The van der Waals surface area contributed by atoms with E-state index in [0.29, 0.717) is 48.1 Å². The van der Waals surface area contributed by atoms with Crippen LogP contribution < -0.4 is 4.72 Å². The number of hydrogen-bond acceptors (Lipinski definition) is 4. The highest BCUT2D eigenvalue weighted by molar-refractivity contribution is 7.88. The van der Waals surface area contributed by atoms with Crippen LogP contribution in [0.4, 0.5) is 4.79 Å². The first-order valence-electron chi connectivity index (χ1n) is 8.85. The molecule has 1 fully saturated rings. The van der Waals surface area contributed by atoms with E-state index >= 15 is 0 Å². The number of nitrogens with one attached hydrogen (secondary N) is 1. The second-order valence-corrected chi connectivity index (χ2v) is 10.3. The van der Waals surface area contributed by atoms with Gasteiger partial charge in [-0.3, -0.25) is 0 Å². The van der Waals surface area contributed by atoms with Crippen molar-refractivity contribution in [3.63, 3.8) is 0 Å². The predicted molar refractivity (Wildman–Crippen MR) is 108 cm³/mol. The third-order valence-corrected chi connectivity index (χ3v) is 6.24. The van der Waals surface area contributed by atoms with Crippen LogP contribution in [0, 0.1) is 5.92 Å². The fourth-order valence-electron chi connectivity index (χ4n) is 2.80. The first-order valence-corrected chi connectivity index (χ1v) is 11.3. The number of nitrogens with zero attached hydrogens (tertiary/aromatic N) is 1. The molecule has 0 bridgehead atoms. The molecule has 1 heterocycles. The molecule has 1 aromatic carbocycles. The van der Waals surface area contributed by atoms with Crippen molar-refractivity contribution in [2.24, 2.45) is 5.92 Å². The van der Waals surface area contributed by atoms with Gasteiger partial charge in [0.15, 0.2) is 0 Å². The minimum absolute atomic E-state index is 0.167. The van der Waals surface area contributed by atoms with Crippen molar-refractivity contribution in [2.75, 3.05) is 19.6 Å². The second-order valence-electron chi connectivity index (χ2n) is 7.72. The molecule has 1 saturated heterocycles. The molecule has 0 radical (unpaired) electrons. The molecule has 27 heavy (non-hydrogen) atoms. The largest absolute Gasteiger partial charge is 0.444 e. The Hall–Kier alpha value is -1.02. The number of carbonyl (C=O) groups excluding carboxylic acids is 1. The standard InChI is InChI=1S/C18H26Cl2N2O4S/c1-18(2,3)26-17(23)22-9-7-13(8-10-22)11-21-27(24,25)12-14-15(19)5-4-6-16(14)20/h4-6,13,21H,7-12H2,1-3H3. The van der Waals surface area contributed by atoms with Crippen LogP contribution in [0.3, 0.4) is 0 Å². The van der Waals surface area contributed by atoms with Crippen LogP contribution in [0.25, 0.3) is 0 Å². The first kappa shape index (κ1) is 22.3. The lowest BCUT2D eigenvalue weighted by atomic mass is 9.97. The van der Waals surface area contributed by atoms with Crippen LogP contribution in [0.2, 0.25) is 10.0 Å². The van der Waals surface area contributed by atoms with Crippen LogP contribution in [-0.2, 0) is 20.5 Å². The molecule has 0 aromatic heterocycles. The summed E-state index contributed by atoms with van der Waals surface area (Å²) < 4.78 is 32.7. The Morgan fingerprint density at radius 1 is 1.22 bits per heavy atom. The summed E-state index contributed by atoms with van der Waals surface area (Å²) in [4.78, 5) is 13.7. The smallest absolute Gasteiger partial charge is 0.410 e. The van der Waals surface area contributed by atoms with Gasteiger partial charge >= 0.3 is 6.09 Å². The van der Waals surface area contributed by atoms with Gasteiger partial charge in [0.25, 0.3) is 0 Å². The van der Waals surface area contributed by atoms with E-state index in [-0.39, 0.29) is 17.8 Å². The zero-order chi connectivity index (χ0) is 20.2. The summed E-state index contributed by atoms with van der Waals surface area (Å²) in [6, 6.07) is 4.90. The topological polar surface area (TPSA) is 75.7 Å². The SMILES string of the molecule is CC(C)(C)OC(=O)N1CCC(CNS(=O)(=O)Cc2c(Cl)cccc2Cl)CC1. The summed E-state index contributed by atoms with van der Waals surface area (Å²) in [5.74, 6) is -0.0948. The number of halogens is 2. The number of rotatable bonds is 5. The van der Waals surface area contributed by atoms with Gasteiger partial charge in [-0.05, 0) is 51.7 Å². The maximum atomic E-state index is 12.4. The highest BCUT2D eigenvalue weighted by Gasteiger charge is 2.27. The van der Waals surface area contributed by atoms with Crippen LogP contribution in [-0.4, -0.2) is 44.6 Å². The Morgan fingerprint density at radius 2 is 1.78 bits per heavy atom. The van der Waals surface area contributed by atoms with Crippen LogP contribution in [0.5, 0.6) is 0 Å². The zero-order valence-electron chi connectivity index (χ0n) is 15.8. The zero-order valence-corrected chi connectivity index (χ0v) is 18.1. The molecule has 0 aliphatic carbocycles. The van der Waals surface area contributed by atoms with Crippen LogP contribution in [0.1, 0.15) is 39.2 Å². The molecule has 152 valence electrons. The van der Waals surface area contributed by atoms with Gasteiger partial charge in [-0.15, -0.1) is 0 Å². The van der Waals surface area contributed by atoms with Crippen molar-refractivity contribution in [1.29, 1.82) is 0 Å². The summed E-state index contributed by atoms with van der Waals surface area (Å²) in [5.41, 5.74) is -0.128. The van der Waals surface area contributed by atoms with Crippen LogP contribution >= 0.6 is 23.2 Å². The quantitative estimate of drug-likeness (QED) is 0.754. The molecular formula is C18H26Cl2N2O4S. The van der Waals surface area contributed by atoms with Gasteiger partial charge < -0.3 is 9.64 Å². The molecule has 0 unspecified atom stereocenters. The Morgan fingerprint density at radius 3 is 2.30 bits per heavy atom. The number of piperidine rings is 1. The van der Waals surface area contributed by atoms with E-state index in [0.717, 1.165) is 0 Å². The molecule has 1 aromatic rings. The number of likely N-dealkylation sites (tertiary alicyclic amines) is 1. The Bertz CT molecular complexity index is 750. The van der Waals surface area contributed by atoms with E-state index in [1.165, 1.54) is 0 Å². The molecule has 1 N–H and O–H groups in total. The molecule has 0 atom stereocenters.